The Labute approximate surface area is 150 Å². The SMILES string of the molecule is CC(C)CC(=O)Nc1ccc(NC(=O)CNC(=O)c2cccs2)cc1. The summed E-state index contributed by atoms with van der Waals surface area (Å²) < 4.78 is 0. The zero-order chi connectivity index (χ0) is 18.2. The molecular formula is C18H21N3O3S. The van der Waals surface area contributed by atoms with Crippen molar-refractivity contribution in [3.63, 3.8) is 0 Å². The molecule has 1 heterocycles. The number of anilines is 2. The Balaban J connectivity index is 1.79. The van der Waals surface area contributed by atoms with Crippen LogP contribution in [0.5, 0.6) is 0 Å². The van der Waals surface area contributed by atoms with Gasteiger partial charge >= 0.3 is 0 Å². The maximum Gasteiger partial charge on any atom is 0.261 e. The van der Waals surface area contributed by atoms with Gasteiger partial charge in [0.25, 0.3) is 5.91 Å². The van der Waals surface area contributed by atoms with Gasteiger partial charge in [-0.15, -0.1) is 11.3 Å². The zero-order valence-corrected chi connectivity index (χ0v) is 15.0. The van der Waals surface area contributed by atoms with Gasteiger partial charge in [-0.25, -0.2) is 0 Å². The van der Waals surface area contributed by atoms with Gasteiger partial charge in [-0.3, -0.25) is 14.4 Å². The summed E-state index contributed by atoms with van der Waals surface area (Å²) >= 11 is 1.32. The van der Waals surface area contributed by atoms with E-state index in [1.807, 2.05) is 13.8 Å². The first kappa shape index (κ1) is 18.7. The van der Waals surface area contributed by atoms with Gasteiger partial charge in [-0.05, 0) is 41.6 Å². The summed E-state index contributed by atoms with van der Waals surface area (Å²) in [6.07, 6.45) is 0.461. The minimum atomic E-state index is -0.318. The minimum Gasteiger partial charge on any atom is -0.342 e. The molecule has 2 aromatic rings. The van der Waals surface area contributed by atoms with Gasteiger partial charge in [0, 0.05) is 17.8 Å². The first-order chi connectivity index (χ1) is 11.9. The number of thiophene rings is 1. The molecule has 0 spiro atoms. The molecule has 0 fully saturated rings. The molecule has 2 rings (SSSR count). The van der Waals surface area contributed by atoms with E-state index in [4.69, 9.17) is 0 Å². The van der Waals surface area contributed by atoms with E-state index in [1.54, 1.807) is 41.8 Å². The average molecular weight is 359 g/mol. The van der Waals surface area contributed by atoms with Crippen molar-refractivity contribution < 1.29 is 14.4 Å². The first-order valence-corrected chi connectivity index (χ1v) is 8.83. The molecule has 25 heavy (non-hydrogen) atoms. The fourth-order valence-corrected chi connectivity index (χ4v) is 2.72. The molecule has 6 nitrogen and oxygen atoms in total. The predicted octanol–water partition coefficient (Wildman–Crippen LogP) is 3.10. The highest BCUT2D eigenvalue weighted by Crippen LogP contribution is 2.14. The fourth-order valence-electron chi connectivity index (χ4n) is 2.08. The van der Waals surface area contributed by atoms with Gasteiger partial charge in [-0.2, -0.15) is 0 Å². The Morgan fingerprint density at radius 1 is 0.960 bits per heavy atom. The Hall–Kier alpha value is -2.67. The Morgan fingerprint density at radius 3 is 2.08 bits per heavy atom. The number of rotatable bonds is 7. The van der Waals surface area contributed by atoms with Gasteiger partial charge in [-0.1, -0.05) is 19.9 Å². The van der Waals surface area contributed by atoms with Gasteiger partial charge in [0.2, 0.25) is 11.8 Å². The molecule has 1 aromatic heterocycles. The van der Waals surface area contributed by atoms with Crippen LogP contribution in [0, 0.1) is 5.92 Å². The van der Waals surface area contributed by atoms with E-state index < -0.39 is 0 Å². The maximum atomic E-state index is 11.9. The zero-order valence-electron chi connectivity index (χ0n) is 14.2. The molecule has 0 atom stereocenters. The molecular weight excluding hydrogens is 338 g/mol. The molecule has 0 aliphatic carbocycles. The summed E-state index contributed by atoms with van der Waals surface area (Å²) in [5.74, 6) is -0.333. The molecule has 0 saturated carbocycles. The van der Waals surface area contributed by atoms with Crippen molar-refractivity contribution in [2.24, 2.45) is 5.92 Å². The van der Waals surface area contributed by atoms with Crippen molar-refractivity contribution in [3.8, 4) is 0 Å². The van der Waals surface area contributed by atoms with E-state index in [0.29, 0.717) is 28.6 Å². The van der Waals surface area contributed by atoms with E-state index in [9.17, 15) is 14.4 Å². The van der Waals surface area contributed by atoms with Gasteiger partial charge < -0.3 is 16.0 Å². The van der Waals surface area contributed by atoms with Crippen molar-refractivity contribution in [3.05, 3.63) is 46.7 Å². The van der Waals surface area contributed by atoms with Crippen molar-refractivity contribution in [1.82, 2.24) is 5.32 Å². The fraction of sp³-hybridized carbons (Fsp3) is 0.278. The van der Waals surface area contributed by atoms with Crippen molar-refractivity contribution in [1.29, 1.82) is 0 Å². The van der Waals surface area contributed by atoms with Gasteiger partial charge in [0.15, 0.2) is 0 Å². The van der Waals surface area contributed by atoms with E-state index in [-0.39, 0.29) is 24.3 Å². The van der Waals surface area contributed by atoms with Gasteiger partial charge in [0.1, 0.15) is 0 Å². The highest BCUT2D eigenvalue weighted by Gasteiger charge is 2.09. The number of benzene rings is 1. The van der Waals surface area contributed by atoms with Crippen LogP contribution in [0.2, 0.25) is 0 Å². The summed E-state index contributed by atoms with van der Waals surface area (Å²) in [6.45, 7) is 3.86. The third-order valence-corrected chi connectivity index (χ3v) is 4.07. The second-order valence-electron chi connectivity index (χ2n) is 5.93. The summed E-state index contributed by atoms with van der Waals surface area (Å²) in [5, 5.41) is 9.86. The molecule has 0 saturated heterocycles. The van der Waals surface area contributed by atoms with Gasteiger partial charge in [0.05, 0.1) is 11.4 Å². The van der Waals surface area contributed by atoms with Crippen LogP contribution in [0.25, 0.3) is 0 Å². The molecule has 0 aliphatic rings. The lowest BCUT2D eigenvalue weighted by Crippen LogP contribution is -2.32. The largest absolute Gasteiger partial charge is 0.342 e. The van der Waals surface area contributed by atoms with Crippen LogP contribution < -0.4 is 16.0 Å². The first-order valence-electron chi connectivity index (χ1n) is 7.95. The molecule has 3 N–H and O–H groups in total. The third kappa shape index (κ3) is 6.39. The Kier molecular flexibility index (Phi) is 6.71. The van der Waals surface area contributed by atoms with Crippen LogP contribution in [-0.2, 0) is 9.59 Å². The average Bonchev–Trinajstić information content (AvgIpc) is 3.08. The number of hydrogen-bond acceptors (Lipinski definition) is 4. The molecule has 3 amide bonds. The Bertz CT molecular complexity index is 725. The number of amides is 3. The summed E-state index contributed by atoms with van der Waals surface area (Å²) in [5.41, 5.74) is 1.27. The molecule has 7 heteroatoms. The second kappa shape index (κ2) is 8.98. The van der Waals surface area contributed by atoms with E-state index >= 15 is 0 Å². The number of nitrogens with one attached hydrogen (secondary N) is 3. The van der Waals surface area contributed by atoms with Crippen LogP contribution in [0.1, 0.15) is 29.9 Å². The van der Waals surface area contributed by atoms with Crippen LogP contribution in [0.3, 0.4) is 0 Å². The summed E-state index contributed by atoms with van der Waals surface area (Å²) in [7, 11) is 0. The summed E-state index contributed by atoms with van der Waals surface area (Å²) in [6, 6.07) is 10.3. The predicted molar refractivity (Wildman–Crippen MR) is 99.8 cm³/mol. The lowest BCUT2D eigenvalue weighted by molar-refractivity contribution is -0.117. The molecule has 132 valence electrons. The van der Waals surface area contributed by atoms with E-state index in [2.05, 4.69) is 16.0 Å². The third-order valence-electron chi connectivity index (χ3n) is 3.20. The van der Waals surface area contributed by atoms with Crippen molar-refractivity contribution in [2.45, 2.75) is 20.3 Å². The molecule has 0 radical (unpaired) electrons. The van der Waals surface area contributed by atoms with Crippen LogP contribution >= 0.6 is 11.3 Å². The van der Waals surface area contributed by atoms with E-state index in [1.165, 1.54) is 11.3 Å². The molecule has 1 aromatic carbocycles. The van der Waals surface area contributed by atoms with Crippen LogP contribution in [0.15, 0.2) is 41.8 Å². The molecule has 0 bridgehead atoms. The Morgan fingerprint density at radius 2 is 1.56 bits per heavy atom. The number of hydrogen-bond donors (Lipinski definition) is 3. The number of carbonyl (C=O) groups is 3. The molecule has 0 unspecified atom stereocenters. The second-order valence-corrected chi connectivity index (χ2v) is 6.88. The lowest BCUT2D eigenvalue weighted by atomic mass is 10.1. The highest BCUT2D eigenvalue weighted by atomic mass is 32.1. The normalized spacial score (nSPS) is 10.4. The highest BCUT2D eigenvalue weighted by molar-refractivity contribution is 7.12. The maximum absolute atomic E-state index is 11.9. The molecule has 0 aliphatic heterocycles. The van der Waals surface area contributed by atoms with Crippen molar-refractivity contribution in [2.75, 3.05) is 17.2 Å². The van der Waals surface area contributed by atoms with Crippen molar-refractivity contribution >= 4 is 40.4 Å². The quantitative estimate of drug-likeness (QED) is 0.710. The van der Waals surface area contributed by atoms with Crippen LogP contribution in [-0.4, -0.2) is 24.3 Å². The topological polar surface area (TPSA) is 87.3 Å². The standard InChI is InChI=1S/C18H21N3O3S/c1-12(2)10-16(22)20-13-5-7-14(8-6-13)21-17(23)11-19-18(24)15-4-3-9-25-15/h3-9,12H,10-11H2,1-2H3,(H,19,24)(H,20,22)(H,21,23). The minimum absolute atomic E-state index is 0.0388. The summed E-state index contributed by atoms with van der Waals surface area (Å²) in [4.78, 5) is 35.9. The monoisotopic (exact) mass is 359 g/mol. The van der Waals surface area contributed by atoms with Crippen LogP contribution in [0.4, 0.5) is 11.4 Å². The smallest absolute Gasteiger partial charge is 0.261 e. The van der Waals surface area contributed by atoms with E-state index in [0.717, 1.165) is 0 Å². The number of carbonyl (C=O) groups excluding carboxylic acids is 3. The lowest BCUT2D eigenvalue weighted by Gasteiger charge is -2.09.